The molecule has 12 atom stereocenters. The van der Waals surface area contributed by atoms with Gasteiger partial charge in [0.05, 0.1) is 18.9 Å². The third-order valence-corrected chi connectivity index (χ3v) is 21.9. The number of aliphatic imine (C=N–C) groups is 3. The number of carbonyl (C=O) groups excluding carboxylic acids is 15. The van der Waals surface area contributed by atoms with E-state index in [1.54, 1.807) is 44.2 Å². The van der Waals surface area contributed by atoms with Crippen molar-refractivity contribution in [3.05, 3.63) is 54.1 Å². The molecule has 0 unspecified atom stereocenters. The summed E-state index contributed by atoms with van der Waals surface area (Å²) in [5, 5.41) is 43.0. The Hall–Kier alpha value is -11.7. The number of rotatable bonds is 53. The highest BCUT2D eigenvalue weighted by Gasteiger charge is 2.42. The standard InChI is InChI=1S/C81H134N26O16/c1-45(2)37-57(75(121)107-81(4,5)77(123)106-64(46(3)108)76(122)99-54(31-20-36-94-80(89)90)67(113)98-55(32-33-62(82)109)70(116)97-53(30-19-35-93-79(87)88)68(114)100-56(65(84)111)38-47-21-10-6-11-22-47)101-74(120)61(42-63(83)110)105-72(118)59(40-49-25-14-8-15-26-49)102-71(117)58(39-48-23-12-7-13-24-48)103-73(119)60(41-51-43-91-44-95-51)104-69(115)52(29-18-34-92-78(85)86)96-66(112)50-27-16-9-17-28-50/h9,16-17,27-28,43-49,52-61,64,108H,6-8,10-15,18-26,29-42H2,1-5H3,(H2,82,109)(H2,83,110)(H2,84,111)(H,91,95)(H,96,112)(H,97,116)(H,98,113)(H,99,122)(H,100,114)(H,101,120)(H,102,117)(H,103,119)(H,104,115)(H,105,118)(H,106,123)(H,107,121)(H4,85,86,92)(H4,87,88,93)(H4,89,90,94)/t46-,52+,53+,54+,55+,56+,57+,58+,59+,60+,61+,64+/m1/s1. The highest BCUT2D eigenvalue weighted by molar-refractivity contribution is 6.02. The molecule has 123 heavy (non-hydrogen) atoms. The van der Waals surface area contributed by atoms with Gasteiger partial charge in [-0.3, -0.25) is 86.9 Å². The zero-order valence-corrected chi connectivity index (χ0v) is 71.5. The maximum atomic E-state index is 15.2. The molecule has 1 heterocycles. The van der Waals surface area contributed by atoms with E-state index in [1.807, 2.05) is 0 Å². The number of benzene rings is 1. The molecular formula is C81H134N26O16. The van der Waals surface area contributed by atoms with Crippen LogP contribution in [-0.4, -0.2) is 219 Å². The first-order valence-electron chi connectivity index (χ1n) is 42.7. The number of amides is 15. The molecule has 0 spiro atoms. The van der Waals surface area contributed by atoms with Gasteiger partial charge in [-0.05, 0) is 127 Å². The molecule has 0 radical (unpaired) electrons. The Morgan fingerprint density at radius 3 is 1.22 bits per heavy atom. The van der Waals surface area contributed by atoms with Gasteiger partial charge in [0, 0.05) is 49.9 Å². The first-order valence-corrected chi connectivity index (χ1v) is 42.7. The van der Waals surface area contributed by atoms with Crippen LogP contribution in [0.3, 0.4) is 0 Å². The fourth-order valence-electron chi connectivity index (χ4n) is 15.2. The number of nitrogens with zero attached hydrogens (tertiary/aromatic N) is 4. The molecule has 1 aromatic carbocycles. The number of aromatic nitrogens is 2. The number of imidazole rings is 1. The van der Waals surface area contributed by atoms with Gasteiger partial charge in [0.2, 0.25) is 82.7 Å². The minimum atomic E-state index is -2.02. The highest BCUT2D eigenvalue weighted by Crippen LogP contribution is 2.31. The summed E-state index contributed by atoms with van der Waals surface area (Å²) in [5.74, 6) is -14.9. The van der Waals surface area contributed by atoms with Crippen LogP contribution in [0, 0.1) is 23.7 Å². The Kier molecular flexibility index (Phi) is 43.5. The monoisotopic (exact) mass is 1730 g/mol. The summed E-state index contributed by atoms with van der Waals surface area (Å²) in [6.45, 7) is 7.07. The van der Waals surface area contributed by atoms with Crippen LogP contribution in [0.15, 0.2) is 57.8 Å². The lowest BCUT2D eigenvalue weighted by Gasteiger charge is -2.32. The van der Waals surface area contributed by atoms with E-state index in [-0.39, 0.29) is 137 Å². The van der Waals surface area contributed by atoms with Gasteiger partial charge in [-0.2, -0.15) is 0 Å². The van der Waals surface area contributed by atoms with Gasteiger partial charge in [0.1, 0.15) is 72.0 Å². The van der Waals surface area contributed by atoms with E-state index >= 15 is 9.59 Å². The van der Waals surface area contributed by atoms with Crippen molar-refractivity contribution >= 4 is 106 Å². The molecule has 0 bridgehead atoms. The number of aliphatic hydroxyl groups is 1. The van der Waals surface area contributed by atoms with Crippen molar-refractivity contribution < 1.29 is 77.0 Å². The number of hydrogen-bond donors (Lipinski definition) is 23. The minimum Gasteiger partial charge on any atom is -0.391 e. The average Bonchev–Trinajstić information content (AvgIpc) is 1.59. The zero-order valence-electron chi connectivity index (χ0n) is 71.5. The third-order valence-electron chi connectivity index (χ3n) is 21.9. The van der Waals surface area contributed by atoms with Gasteiger partial charge in [0.25, 0.3) is 5.91 Å². The average molecular weight is 1730 g/mol. The highest BCUT2D eigenvalue weighted by atomic mass is 16.3. The van der Waals surface area contributed by atoms with Crippen LogP contribution in [0.25, 0.3) is 0 Å². The Morgan fingerprint density at radius 2 is 0.813 bits per heavy atom. The van der Waals surface area contributed by atoms with E-state index in [0.717, 1.165) is 77.6 Å². The summed E-state index contributed by atoms with van der Waals surface area (Å²) in [6.07, 6.45) is 12.0. The molecule has 5 rings (SSSR count). The SMILES string of the molecule is CC(C)C[C@H](NC(=O)[C@H](CC(N)=O)NC(=O)[C@H](CC1CCCCC1)NC(=O)[C@H](CC1CCCCC1)NC(=O)[C@H](Cc1cnc[nH]1)NC(=O)[C@H](CCCN=C(N)N)NC(=O)c1ccccc1)C(=O)NC(C)(C)C(=O)N[C@H](C(=O)N[C@@H](CCCN=C(N)N)C(=O)N[C@@H](CCC(N)=O)C(=O)N[C@@H](CCCN=C(N)N)C(=O)N[C@@H](CC1CCCCC1)C(N)=O)[C@@H](C)O. The van der Waals surface area contributed by atoms with E-state index in [9.17, 15) is 67.4 Å². The Labute approximate surface area is 717 Å². The molecule has 0 aliphatic heterocycles. The normalized spacial score (nSPS) is 16.8. The van der Waals surface area contributed by atoms with E-state index in [4.69, 9.17) is 51.6 Å². The summed E-state index contributed by atoms with van der Waals surface area (Å²) in [6, 6.07) is -8.14. The smallest absolute Gasteiger partial charge is 0.251 e. The van der Waals surface area contributed by atoms with Crippen LogP contribution in [0.2, 0.25) is 0 Å². The van der Waals surface area contributed by atoms with Crippen molar-refractivity contribution in [2.45, 2.75) is 299 Å². The van der Waals surface area contributed by atoms with Crippen molar-refractivity contribution in [2.75, 3.05) is 19.6 Å². The van der Waals surface area contributed by atoms with Gasteiger partial charge in [-0.1, -0.05) is 128 Å². The maximum Gasteiger partial charge on any atom is 0.251 e. The summed E-state index contributed by atoms with van der Waals surface area (Å²) < 4.78 is 0. The van der Waals surface area contributed by atoms with Gasteiger partial charge in [-0.25, -0.2) is 4.98 Å². The van der Waals surface area contributed by atoms with E-state index in [1.165, 1.54) is 26.4 Å². The summed E-state index contributed by atoms with van der Waals surface area (Å²) in [4.78, 5) is 231. The molecule has 3 aliphatic rings. The van der Waals surface area contributed by atoms with E-state index in [2.05, 4.69) is 88.7 Å². The maximum absolute atomic E-state index is 15.2. The van der Waals surface area contributed by atoms with Crippen LogP contribution in [0.4, 0.5) is 0 Å². The minimum absolute atomic E-state index is 0.0118. The molecular weight excluding hydrogens is 1590 g/mol. The number of hydrogen-bond acceptors (Lipinski definition) is 20. The number of aliphatic hydroxyl groups excluding tert-OH is 1. The number of nitrogens with one attached hydrogen (secondary N) is 13. The molecule has 42 nitrogen and oxygen atoms in total. The Bertz CT molecular complexity index is 3910. The molecule has 3 saturated carbocycles. The van der Waals surface area contributed by atoms with Gasteiger partial charge in [-0.15, -0.1) is 0 Å². The predicted molar refractivity (Wildman–Crippen MR) is 457 cm³/mol. The topological polar surface area (TPSA) is 721 Å². The Balaban J connectivity index is 1.37. The number of H-pyrrole nitrogens is 1. The quantitative estimate of drug-likeness (QED) is 0.0175. The second-order valence-electron chi connectivity index (χ2n) is 33.3. The lowest BCUT2D eigenvalue weighted by molar-refractivity contribution is -0.139. The van der Waals surface area contributed by atoms with Crippen molar-refractivity contribution in [2.24, 2.45) is 90.3 Å². The van der Waals surface area contributed by atoms with Gasteiger partial charge < -0.3 is 125 Å². The van der Waals surface area contributed by atoms with Crippen molar-refractivity contribution in [1.82, 2.24) is 73.8 Å². The molecule has 1 aromatic heterocycles. The van der Waals surface area contributed by atoms with Crippen LogP contribution < -0.4 is 115 Å². The van der Waals surface area contributed by atoms with Crippen LogP contribution >= 0.6 is 0 Å². The van der Waals surface area contributed by atoms with Gasteiger partial charge >= 0.3 is 0 Å². The zero-order chi connectivity index (χ0) is 90.9. The van der Waals surface area contributed by atoms with Gasteiger partial charge in [0.15, 0.2) is 17.9 Å². The third kappa shape index (κ3) is 38.1. The molecule has 42 heteroatoms. The molecule has 32 N–H and O–H groups in total. The van der Waals surface area contributed by atoms with Crippen LogP contribution in [-0.2, 0) is 73.5 Å². The first kappa shape index (κ1) is 102. The molecule has 3 fully saturated rings. The number of primary amides is 3. The Morgan fingerprint density at radius 1 is 0.439 bits per heavy atom. The number of nitrogens with two attached hydrogens (primary N) is 9. The number of carbonyl (C=O) groups is 15. The molecule has 3 aliphatic carbocycles. The second kappa shape index (κ2) is 52.5. The fraction of sp³-hybridized carbons (Fsp3) is 0.667. The second-order valence-corrected chi connectivity index (χ2v) is 33.3. The predicted octanol–water partition coefficient (Wildman–Crippen LogP) is -3.38. The van der Waals surface area contributed by atoms with E-state index < -0.39 is 186 Å². The summed E-state index contributed by atoms with van der Waals surface area (Å²) >= 11 is 0. The van der Waals surface area contributed by atoms with E-state index in [0.29, 0.717) is 31.4 Å². The number of aromatic amines is 1. The lowest BCUT2D eigenvalue weighted by atomic mass is 9.83. The fourth-order valence-corrected chi connectivity index (χ4v) is 15.2. The molecule has 0 saturated heterocycles. The molecule has 15 amide bonds. The summed E-state index contributed by atoms with van der Waals surface area (Å²) in [7, 11) is 0. The van der Waals surface area contributed by atoms with Crippen LogP contribution in [0.5, 0.6) is 0 Å². The largest absolute Gasteiger partial charge is 0.391 e. The first-order chi connectivity index (χ1) is 58.3. The van der Waals surface area contributed by atoms with Crippen molar-refractivity contribution in [3.63, 3.8) is 0 Å². The van der Waals surface area contributed by atoms with Crippen molar-refractivity contribution in [3.8, 4) is 0 Å². The lowest BCUT2D eigenvalue weighted by Crippen LogP contribution is -2.65. The summed E-state index contributed by atoms with van der Waals surface area (Å²) in [5.41, 5.74) is 49.1. The molecule has 2 aromatic rings. The van der Waals surface area contributed by atoms with Crippen LogP contribution in [0.1, 0.15) is 230 Å². The molecule has 684 valence electrons. The number of guanidine groups is 3. The van der Waals surface area contributed by atoms with Crippen molar-refractivity contribution in [1.29, 1.82) is 0 Å².